The summed E-state index contributed by atoms with van der Waals surface area (Å²) in [7, 11) is 0. The molecule has 5 heteroatoms. The van der Waals surface area contributed by atoms with Crippen molar-refractivity contribution < 1.29 is 9.13 Å². The lowest BCUT2D eigenvalue weighted by molar-refractivity contribution is 0.306. The summed E-state index contributed by atoms with van der Waals surface area (Å²) in [4.78, 5) is 0. The molecule has 0 spiro atoms. The summed E-state index contributed by atoms with van der Waals surface area (Å²) in [5.74, 6) is 1.30. The highest BCUT2D eigenvalue weighted by molar-refractivity contribution is 7.13. The number of ether oxygens (including phenoxy) is 1. The predicted octanol–water partition coefficient (Wildman–Crippen LogP) is 5.63. The number of aromatic nitrogens is 1. The number of rotatable bonds is 6. The highest BCUT2D eigenvalue weighted by atomic mass is 32.1. The van der Waals surface area contributed by atoms with Crippen LogP contribution in [0.25, 0.3) is 10.1 Å². The lowest BCUT2D eigenvalue weighted by Crippen LogP contribution is -2.00. The normalized spacial score (nSPS) is 10.8. The van der Waals surface area contributed by atoms with Gasteiger partial charge in [-0.15, -0.1) is 0 Å². The van der Waals surface area contributed by atoms with E-state index in [1.807, 2.05) is 54.6 Å². The summed E-state index contributed by atoms with van der Waals surface area (Å²) >= 11 is 1.37. The van der Waals surface area contributed by atoms with Gasteiger partial charge >= 0.3 is 0 Å². The Morgan fingerprint density at radius 3 is 2.54 bits per heavy atom. The number of halogens is 1. The monoisotopic (exact) mass is 364 g/mol. The molecule has 0 aliphatic carbocycles. The second-order valence-electron chi connectivity index (χ2n) is 5.94. The third kappa shape index (κ3) is 3.83. The lowest BCUT2D eigenvalue weighted by Gasteiger charge is -2.08. The quantitative estimate of drug-likeness (QED) is 0.482. The molecule has 3 nitrogen and oxygen atoms in total. The van der Waals surface area contributed by atoms with Crippen molar-refractivity contribution in [3.05, 3.63) is 89.7 Å². The van der Waals surface area contributed by atoms with E-state index in [1.54, 1.807) is 6.07 Å². The number of hydrogen-bond donors (Lipinski definition) is 1. The van der Waals surface area contributed by atoms with Crippen LogP contribution in [0.15, 0.2) is 72.8 Å². The van der Waals surface area contributed by atoms with Gasteiger partial charge < -0.3 is 10.1 Å². The van der Waals surface area contributed by atoms with Crippen molar-refractivity contribution >= 4 is 27.4 Å². The van der Waals surface area contributed by atoms with Crippen LogP contribution in [0, 0.1) is 5.82 Å². The van der Waals surface area contributed by atoms with Crippen molar-refractivity contribution in [1.82, 2.24) is 4.37 Å². The van der Waals surface area contributed by atoms with E-state index < -0.39 is 0 Å². The van der Waals surface area contributed by atoms with Gasteiger partial charge in [0.2, 0.25) is 0 Å². The Labute approximate surface area is 155 Å². The summed E-state index contributed by atoms with van der Waals surface area (Å²) < 4.78 is 24.6. The molecule has 0 aliphatic rings. The maximum atomic E-state index is 13.4. The molecular formula is C21H17FN2OS. The third-order valence-corrected chi connectivity index (χ3v) is 4.89. The SMILES string of the molecule is Fc1ccc2snc(NCc3ccc(OCc4ccccc4)cc3)c2c1. The maximum Gasteiger partial charge on any atom is 0.147 e. The molecule has 0 bridgehead atoms. The number of fused-ring (bicyclic) bond motifs is 1. The fourth-order valence-electron chi connectivity index (χ4n) is 2.67. The summed E-state index contributed by atoms with van der Waals surface area (Å²) in [5.41, 5.74) is 2.25. The Bertz CT molecular complexity index is 1000. The van der Waals surface area contributed by atoms with Crippen molar-refractivity contribution in [3.8, 4) is 5.75 Å². The number of benzene rings is 3. The molecule has 0 unspecified atom stereocenters. The van der Waals surface area contributed by atoms with E-state index in [0.717, 1.165) is 27.0 Å². The van der Waals surface area contributed by atoms with Crippen molar-refractivity contribution in [2.24, 2.45) is 0 Å². The highest BCUT2D eigenvalue weighted by Gasteiger charge is 2.07. The molecule has 4 aromatic rings. The minimum absolute atomic E-state index is 0.249. The molecule has 1 N–H and O–H groups in total. The minimum Gasteiger partial charge on any atom is -0.489 e. The van der Waals surface area contributed by atoms with Gasteiger partial charge in [0.15, 0.2) is 0 Å². The van der Waals surface area contributed by atoms with Gasteiger partial charge in [0.1, 0.15) is 24.0 Å². The van der Waals surface area contributed by atoms with E-state index in [4.69, 9.17) is 4.74 Å². The molecule has 0 aliphatic heterocycles. The zero-order valence-electron chi connectivity index (χ0n) is 14.0. The van der Waals surface area contributed by atoms with Gasteiger partial charge in [-0.05, 0) is 53.0 Å². The topological polar surface area (TPSA) is 34.2 Å². The minimum atomic E-state index is -0.249. The van der Waals surface area contributed by atoms with E-state index in [1.165, 1.54) is 23.7 Å². The van der Waals surface area contributed by atoms with Crippen LogP contribution >= 0.6 is 11.5 Å². The van der Waals surface area contributed by atoms with Gasteiger partial charge in [-0.1, -0.05) is 42.5 Å². The van der Waals surface area contributed by atoms with Crippen molar-refractivity contribution in [2.75, 3.05) is 5.32 Å². The van der Waals surface area contributed by atoms with Gasteiger partial charge in [-0.25, -0.2) is 4.39 Å². The molecule has 0 saturated heterocycles. The first-order chi connectivity index (χ1) is 12.8. The van der Waals surface area contributed by atoms with Crippen LogP contribution in [0.1, 0.15) is 11.1 Å². The largest absolute Gasteiger partial charge is 0.489 e. The van der Waals surface area contributed by atoms with Crippen LogP contribution in [0.3, 0.4) is 0 Å². The molecule has 3 aromatic carbocycles. The van der Waals surface area contributed by atoms with Crippen LogP contribution in [0.4, 0.5) is 10.2 Å². The fourth-order valence-corrected chi connectivity index (χ4v) is 3.40. The van der Waals surface area contributed by atoms with Crippen LogP contribution in [-0.2, 0) is 13.2 Å². The Kier molecular flexibility index (Phi) is 4.80. The molecule has 4 rings (SSSR count). The molecule has 0 amide bonds. The second kappa shape index (κ2) is 7.54. The van der Waals surface area contributed by atoms with Gasteiger partial charge in [-0.2, -0.15) is 4.37 Å². The zero-order valence-corrected chi connectivity index (χ0v) is 14.8. The first-order valence-corrected chi connectivity index (χ1v) is 9.10. The first kappa shape index (κ1) is 16.5. The average Bonchev–Trinajstić information content (AvgIpc) is 3.08. The summed E-state index contributed by atoms with van der Waals surface area (Å²) in [5, 5.41) is 4.10. The van der Waals surface area contributed by atoms with Crippen LogP contribution in [0.5, 0.6) is 5.75 Å². The standard InChI is InChI=1S/C21H17FN2OS/c22-17-8-11-20-19(12-17)21(24-26-20)23-13-15-6-9-18(10-7-15)25-14-16-4-2-1-3-5-16/h1-12H,13-14H2,(H,23,24). The van der Waals surface area contributed by atoms with Gasteiger partial charge in [-0.3, -0.25) is 0 Å². The molecular weight excluding hydrogens is 347 g/mol. The molecule has 0 radical (unpaired) electrons. The highest BCUT2D eigenvalue weighted by Crippen LogP contribution is 2.27. The molecule has 0 saturated carbocycles. The van der Waals surface area contributed by atoms with Crippen LogP contribution in [0.2, 0.25) is 0 Å². The Morgan fingerprint density at radius 1 is 0.923 bits per heavy atom. The summed E-state index contributed by atoms with van der Waals surface area (Å²) in [6, 6.07) is 22.8. The molecule has 26 heavy (non-hydrogen) atoms. The molecule has 0 fully saturated rings. The Morgan fingerprint density at radius 2 is 1.73 bits per heavy atom. The van der Waals surface area contributed by atoms with Crippen molar-refractivity contribution in [1.29, 1.82) is 0 Å². The summed E-state index contributed by atoms with van der Waals surface area (Å²) in [6.45, 7) is 1.17. The van der Waals surface area contributed by atoms with Gasteiger partial charge in [0.25, 0.3) is 0 Å². The second-order valence-corrected chi connectivity index (χ2v) is 6.75. The number of nitrogens with zero attached hydrogens (tertiary/aromatic N) is 1. The van der Waals surface area contributed by atoms with Crippen molar-refractivity contribution in [2.45, 2.75) is 13.2 Å². The third-order valence-electron chi connectivity index (χ3n) is 4.06. The van der Waals surface area contributed by atoms with E-state index in [9.17, 15) is 4.39 Å². The molecule has 0 atom stereocenters. The average molecular weight is 364 g/mol. The predicted molar refractivity (Wildman–Crippen MR) is 104 cm³/mol. The molecule has 130 valence electrons. The van der Waals surface area contributed by atoms with E-state index in [2.05, 4.69) is 9.69 Å². The smallest absolute Gasteiger partial charge is 0.147 e. The van der Waals surface area contributed by atoms with Crippen LogP contribution < -0.4 is 10.1 Å². The first-order valence-electron chi connectivity index (χ1n) is 8.32. The fraction of sp³-hybridized carbons (Fsp3) is 0.0952. The Hall–Kier alpha value is -2.92. The van der Waals surface area contributed by atoms with E-state index in [0.29, 0.717) is 19.0 Å². The number of nitrogens with one attached hydrogen (secondary N) is 1. The summed E-state index contributed by atoms with van der Waals surface area (Å²) in [6.07, 6.45) is 0. The molecule has 1 heterocycles. The zero-order chi connectivity index (χ0) is 17.8. The van der Waals surface area contributed by atoms with Crippen molar-refractivity contribution in [3.63, 3.8) is 0 Å². The van der Waals surface area contributed by atoms with E-state index >= 15 is 0 Å². The lowest BCUT2D eigenvalue weighted by atomic mass is 10.2. The van der Waals surface area contributed by atoms with E-state index in [-0.39, 0.29) is 5.82 Å². The van der Waals surface area contributed by atoms with Gasteiger partial charge in [0.05, 0.1) is 4.70 Å². The molecule has 1 aromatic heterocycles. The maximum absolute atomic E-state index is 13.4. The van der Waals surface area contributed by atoms with Crippen LogP contribution in [-0.4, -0.2) is 4.37 Å². The number of anilines is 1. The van der Waals surface area contributed by atoms with Gasteiger partial charge in [0, 0.05) is 11.9 Å². The Balaban J connectivity index is 1.37. The number of hydrogen-bond acceptors (Lipinski definition) is 4.